The van der Waals surface area contributed by atoms with Crippen LogP contribution in [0.4, 0.5) is 17.6 Å². The SMILES string of the molecule is [B]C(F)(F)C(F)(F)CCCS(=O)C(C)(C)C(C)(C)CC. The van der Waals surface area contributed by atoms with Crippen molar-refractivity contribution in [3.05, 3.63) is 0 Å². The van der Waals surface area contributed by atoms with E-state index in [0.29, 0.717) is 0 Å². The van der Waals surface area contributed by atoms with Gasteiger partial charge in [0.05, 0.1) is 0 Å². The molecule has 0 aromatic heterocycles. The standard InChI is InChI=1S/C13H23BF4OS/c1-6-10(2,3)11(4,5)20(19)9-7-8-12(15,16)13(14,17)18/h6-9H2,1-5H3. The first-order valence-corrected chi connectivity index (χ1v) is 7.94. The summed E-state index contributed by atoms with van der Waals surface area (Å²) in [7, 11) is 2.77. The maximum Gasteiger partial charge on any atom is 0.300 e. The topological polar surface area (TPSA) is 17.1 Å². The first kappa shape index (κ1) is 19.9. The van der Waals surface area contributed by atoms with Crippen molar-refractivity contribution in [3.8, 4) is 0 Å². The Bertz CT molecular complexity index is 351. The minimum absolute atomic E-state index is 0.0396. The van der Waals surface area contributed by atoms with Crippen molar-refractivity contribution in [2.45, 2.75) is 70.4 Å². The zero-order valence-corrected chi connectivity index (χ0v) is 13.6. The van der Waals surface area contributed by atoms with Crippen LogP contribution in [-0.2, 0) is 10.8 Å². The van der Waals surface area contributed by atoms with Gasteiger partial charge in [0, 0.05) is 27.7 Å². The van der Waals surface area contributed by atoms with E-state index in [0.717, 1.165) is 6.42 Å². The summed E-state index contributed by atoms with van der Waals surface area (Å²) in [6.45, 7) is 9.48. The monoisotopic (exact) mass is 314 g/mol. The summed E-state index contributed by atoms with van der Waals surface area (Å²) in [5.41, 5.74) is -0.238. The molecule has 20 heavy (non-hydrogen) atoms. The number of alkyl halides is 4. The Morgan fingerprint density at radius 3 is 1.85 bits per heavy atom. The van der Waals surface area contributed by atoms with Gasteiger partial charge in [0.25, 0.3) is 11.7 Å². The van der Waals surface area contributed by atoms with Gasteiger partial charge in [-0.1, -0.05) is 20.8 Å². The normalized spacial score (nSPS) is 16.2. The molecule has 0 heterocycles. The van der Waals surface area contributed by atoms with Crippen molar-refractivity contribution >= 4 is 18.6 Å². The average Bonchev–Trinajstić information content (AvgIpc) is 2.26. The molecule has 0 bridgehead atoms. The lowest BCUT2D eigenvalue weighted by atomic mass is 9.78. The zero-order chi connectivity index (χ0) is 16.4. The lowest BCUT2D eigenvalue weighted by Gasteiger charge is -2.40. The van der Waals surface area contributed by atoms with Crippen LogP contribution in [0.2, 0.25) is 0 Å². The number of hydrogen-bond donors (Lipinski definition) is 0. The second kappa shape index (κ2) is 6.36. The Kier molecular flexibility index (Phi) is 6.34. The summed E-state index contributed by atoms with van der Waals surface area (Å²) in [4.78, 5) is 0. The highest BCUT2D eigenvalue weighted by Gasteiger charge is 2.50. The summed E-state index contributed by atoms with van der Waals surface area (Å²) in [6, 6.07) is 0. The molecule has 7 heteroatoms. The fraction of sp³-hybridized carbons (Fsp3) is 1.00. The first-order valence-electron chi connectivity index (χ1n) is 6.62. The largest absolute Gasteiger partial charge is 0.300 e. The van der Waals surface area contributed by atoms with Crippen LogP contribution in [0.1, 0.15) is 53.9 Å². The van der Waals surface area contributed by atoms with E-state index in [2.05, 4.69) is 7.85 Å². The van der Waals surface area contributed by atoms with Gasteiger partial charge in [-0.25, -0.2) is 17.6 Å². The van der Waals surface area contributed by atoms with Gasteiger partial charge in [-0.3, -0.25) is 4.21 Å². The lowest BCUT2D eigenvalue weighted by molar-refractivity contribution is -0.161. The molecule has 0 aliphatic carbocycles. The number of rotatable bonds is 8. The van der Waals surface area contributed by atoms with Crippen LogP contribution in [-0.4, -0.2) is 34.3 Å². The van der Waals surface area contributed by atoms with Crippen molar-refractivity contribution in [2.24, 2.45) is 5.41 Å². The molecule has 0 aliphatic rings. The van der Waals surface area contributed by atoms with Crippen LogP contribution in [0.5, 0.6) is 0 Å². The Balaban J connectivity index is 4.60. The molecule has 1 atom stereocenters. The predicted octanol–water partition coefficient (Wildman–Crippen LogP) is 4.13. The van der Waals surface area contributed by atoms with Gasteiger partial charge in [0.15, 0.2) is 7.85 Å². The molecule has 118 valence electrons. The van der Waals surface area contributed by atoms with E-state index in [1.165, 1.54) is 0 Å². The fourth-order valence-corrected chi connectivity index (χ4v) is 3.26. The molecular weight excluding hydrogens is 291 g/mol. The molecule has 0 aliphatic heterocycles. The van der Waals surface area contributed by atoms with Gasteiger partial charge in [0.1, 0.15) is 0 Å². The summed E-state index contributed by atoms with van der Waals surface area (Å²) >= 11 is 0. The Morgan fingerprint density at radius 2 is 1.50 bits per heavy atom. The smallest absolute Gasteiger partial charge is 0.259 e. The van der Waals surface area contributed by atoms with Crippen LogP contribution in [0.25, 0.3) is 0 Å². The van der Waals surface area contributed by atoms with Crippen LogP contribution < -0.4 is 0 Å². The van der Waals surface area contributed by atoms with Crippen molar-refractivity contribution < 1.29 is 21.8 Å². The molecular formula is C13H23BF4OS. The molecule has 0 rings (SSSR count). The second-order valence-electron chi connectivity index (χ2n) is 6.23. The molecule has 1 nitrogen and oxygen atoms in total. The van der Waals surface area contributed by atoms with Crippen LogP contribution >= 0.6 is 0 Å². The first-order chi connectivity index (χ1) is 8.69. The van der Waals surface area contributed by atoms with Crippen LogP contribution in [0.15, 0.2) is 0 Å². The van der Waals surface area contributed by atoms with Crippen molar-refractivity contribution in [3.63, 3.8) is 0 Å². The van der Waals surface area contributed by atoms with Crippen molar-refractivity contribution in [2.75, 3.05) is 5.75 Å². The van der Waals surface area contributed by atoms with E-state index in [4.69, 9.17) is 0 Å². The molecule has 0 aromatic rings. The van der Waals surface area contributed by atoms with Gasteiger partial charge < -0.3 is 0 Å². The molecule has 0 saturated carbocycles. The van der Waals surface area contributed by atoms with E-state index in [1.54, 1.807) is 0 Å². The fourth-order valence-electron chi connectivity index (χ4n) is 1.58. The number of hydrogen-bond acceptors (Lipinski definition) is 1. The predicted molar refractivity (Wildman–Crippen MR) is 76.0 cm³/mol. The summed E-state index contributed by atoms with van der Waals surface area (Å²) in [6.07, 6.45) is -0.538. The molecule has 0 fully saturated rings. The molecule has 0 spiro atoms. The van der Waals surface area contributed by atoms with Crippen LogP contribution in [0, 0.1) is 5.41 Å². The number of halogens is 4. The zero-order valence-electron chi connectivity index (χ0n) is 12.7. The molecule has 0 amide bonds. The van der Waals surface area contributed by atoms with Gasteiger partial charge in [-0.2, -0.15) is 0 Å². The van der Waals surface area contributed by atoms with E-state index < -0.39 is 33.7 Å². The van der Waals surface area contributed by atoms with Crippen molar-refractivity contribution in [1.82, 2.24) is 0 Å². The Morgan fingerprint density at radius 1 is 1.05 bits per heavy atom. The third-order valence-corrected chi connectivity index (χ3v) is 6.74. The highest BCUT2D eigenvalue weighted by atomic mass is 32.2. The van der Waals surface area contributed by atoms with E-state index in [9.17, 15) is 21.8 Å². The van der Waals surface area contributed by atoms with Crippen molar-refractivity contribution in [1.29, 1.82) is 0 Å². The third-order valence-electron chi connectivity index (χ3n) is 4.39. The second-order valence-corrected chi connectivity index (χ2v) is 8.35. The van der Waals surface area contributed by atoms with E-state index in [1.807, 2.05) is 34.6 Å². The maximum atomic E-state index is 13.0. The summed E-state index contributed by atoms with van der Waals surface area (Å²) in [5.74, 6) is -8.84. The van der Waals surface area contributed by atoms with Gasteiger partial charge in [-0.15, -0.1) is 0 Å². The quantitative estimate of drug-likeness (QED) is 0.486. The molecule has 2 radical (unpaired) electrons. The molecule has 0 aromatic carbocycles. The Labute approximate surface area is 122 Å². The maximum absolute atomic E-state index is 13.0. The molecule has 0 saturated heterocycles. The lowest BCUT2D eigenvalue weighted by Crippen LogP contribution is -2.44. The average molecular weight is 314 g/mol. The van der Waals surface area contributed by atoms with Crippen LogP contribution in [0.3, 0.4) is 0 Å². The van der Waals surface area contributed by atoms with E-state index in [-0.39, 0.29) is 17.6 Å². The third kappa shape index (κ3) is 4.47. The van der Waals surface area contributed by atoms with E-state index >= 15 is 0 Å². The highest BCUT2D eigenvalue weighted by molar-refractivity contribution is 7.86. The Hall–Kier alpha value is -0.0651. The molecule has 0 N–H and O–H groups in total. The summed E-state index contributed by atoms with van der Waals surface area (Å²) < 4.78 is 62.6. The van der Waals surface area contributed by atoms with Gasteiger partial charge in [-0.05, 0) is 32.1 Å². The molecule has 1 unspecified atom stereocenters. The highest BCUT2D eigenvalue weighted by Crippen LogP contribution is 2.40. The minimum atomic E-state index is -4.54. The van der Waals surface area contributed by atoms with Gasteiger partial charge in [0.2, 0.25) is 0 Å². The summed E-state index contributed by atoms with van der Waals surface area (Å²) in [5, 5.41) is 0. The minimum Gasteiger partial charge on any atom is -0.259 e. The van der Waals surface area contributed by atoms with Gasteiger partial charge >= 0.3 is 0 Å².